The van der Waals surface area contributed by atoms with Crippen LogP contribution < -0.4 is 10.5 Å². The van der Waals surface area contributed by atoms with Crippen LogP contribution in [0.25, 0.3) is 0 Å². The Balaban J connectivity index is 1.96. The SMILES string of the molecule is COc1cccc(COC(=O)C2(C)CCCC2N)c1. The zero-order valence-electron chi connectivity index (χ0n) is 11.5. The van der Waals surface area contributed by atoms with E-state index >= 15 is 0 Å². The summed E-state index contributed by atoms with van der Waals surface area (Å²) in [6.07, 6.45) is 2.70. The zero-order valence-corrected chi connectivity index (χ0v) is 11.5. The van der Waals surface area contributed by atoms with Crippen molar-refractivity contribution in [2.24, 2.45) is 11.1 Å². The van der Waals surface area contributed by atoms with E-state index in [0.29, 0.717) is 0 Å². The monoisotopic (exact) mass is 263 g/mol. The van der Waals surface area contributed by atoms with Gasteiger partial charge in [0, 0.05) is 6.04 Å². The number of nitrogens with two attached hydrogens (primary N) is 1. The highest BCUT2D eigenvalue weighted by Crippen LogP contribution is 2.38. The highest BCUT2D eigenvalue weighted by molar-refractivity contribution is 5.77. The summed E-state index contributed by atoms with van der Waals surface area (Å²) < 4.78 is 10.5. The maximum atomic E-state index is 12.2. The second-order valence-electron chi connectivity index (χ2n) is 5.34. The molecule has 0 saturated heterocycles. The molecule has 4 heteroatoms. The summed E-state index contributed by atoms with van der Waals surface area (Å²) >= 11 is 0. The van der Waals surface area contributed by atoms with Crippen LogP contribution in [0, 0.1) is 5.41 Å². The van der Waals surface area contributed by atoms with Gasteiger partial charge >= 0.3 is 5.97 Å². The second-order valence-corrected chi connectivity index (χ2v) is 5.34. The lowest BCUT2D eigenvalue weighted by atomic mass is 9.85. The number of esters is 1. The van der Waals surface area contributed by atoms with Gasteiger partial charge in [0.2, 0.25) is 0 Å². The van der Waals surface area contributed by atoms with Crippen molar-refractivity contribution in [2.75, 3.05) is 7.11 Å². The fourth-order valence-electron chi connectivity index (χ4n) is 2.52. The van der Waals surface area contributed by atoms with Crippen molar-refractivity contribution in [1.82, 2.24) is 0 Å². The lowest BCUT2D eigenvalue weighted by Gasteiger charge is -2.26. The predicted molar refractivity (Wildman–Crippen MR) is 72.7 cm³/mol. The Kier molecular flexibility index (Phi) is 4.10. The number of carbonyl (C=O) groups is 1. The third-order valence-corrected chi connectivity index (χ3v) is 4.00. The molecule has 2 unspecified atom stereocenters. The summed E-state index contributed by atoms with van der Waals surface area (Å²) in [5.41, 5.74) is 6.40. The first-order valence-corrected chi connectivity index (χ1v) is 6.62. The Labute approximate surface area is 113 Å². The lowest BCUT2D eigenvalue weighted by Crippen LogP contribution is -2.42. The van der Waals surface area contributed by atoms with Crippen molar-refractivity contribution in [3.8, 4) is 5.75 Å². The third-order valence-electron chi connectivity index (χ3n) is 4.00. The molecule has 0 aliphatic heterocycles. The molecule has 104 valence electrons. The van der Waals surface area contributed by atoms with Crippen LogP contribution in [0.15, 0.2) is 24.3 Å². The first-order valence-electron chi connectivity index (χ1n) is 6.62. The summed E-state index contributed by atoms with van der Waals surface area (Å²) in [5.74, 6) is 0.567. The van der Waals surface area contributed by atoms with Crippen molar-refractivity contribution in [2.45, 2.75) is 38.8 Å². The molecule has 1 aromatic rings. The fourth-order valence-corrected chi connectivity index (χ4v) is 2.52. The van der Waals surface area contributed by atoms with Crippen molar-refractivity contribution in [3.05, 3.63) is 29.8 Å². The van der Waals surface area contributed by atoms with E-state index < -0.39 is 5.41 Å². The number of rotatable bonds is 4. The average molecular weight is 263 g/mol. The van der Waals surface area contributed by atoms with Crippen molar-refractivity contribution in [1.29, 1.82) is 0 Å². The highest BCUT2D eigenvalue weighted by Gasteiger charge is 2.44. The van der Waals surface area contributed by atoms with Crippen LogP contribution in [0.4, 0.5) is 0 Å². The van der Waals surface area contributed by atoms with Crippen LogP contribution in [-0.4, -0.2) is 19.1 Å². The Bertz CT molecular complexity index is 460. The normalized spacial score (nSPS) is 26.2. The van der Waals surface area contributed by atoms with Crippen LogP contribution in [0.2, 0.25) is 0 Å². The van der Waals surface area contributed by atoms with Gasteiger partial charge in [-0.1, -0.05) is 18.6 Å². The molecular formula is C15H21NO3. The molecule has 0 radical (unpaired) electrons. The molecule has 1 saturated carbocycles. The molecule has 0 heterocycles. The molecule has 1 fully saturated rings. The van der Waals surface area contributed by atoms with E-state index in [9.17, 15) is 4.79 Å². The Morgan fingerprint density at radius 2 is 2.32 bits per heavy atom. The van der Waals surface area contributed by atoms with Gasteiger partial charge in [0.1, 0.15) is 12.4 Å². The predicted octanol–water partition coefficient (Wildman–Crippen LogP) is 2.26. The molecule has 2 N–H and O–H groups in total. The minimum atomic E-state index is -0.529. The molecule has 1 aliphatic carbocycles. The number of hydrogen-bond acceptors (Lipinski definition) is 4. The van der Waals surface area contributed by atoms with Gasteiger partial charge in [-0.05, 0) is 37.5 Å². The van der Waals surface area contributed by atoms with Crippen LogP contribution in [0.3, 0.4) is 0 Å². The molecule has 2 atom stereocenters. The van der Waals surface area contributed by atoms with Gasteiger partial charge < -0.3 is 15.2 Å². The Morgan fingerprint density at radius 3 is 2.95 bits per heavy atom. The summed E-state index contributed by atoms with van der Waals surface area (Å²) in [4.78, 5) is 12.2. The van der Waals surface area contributed by atoms with Crippen LogP contribution in [0.5, 0.6) is 5.75 Å². The molecule has 0 amide bonds. The molecule has 0 bridgehead atoms. The minimum Gasteiger partial charge on any atom is -0.497 e. The van der Waals surface area contributed by atoms with E-state index in [2.05, 4.69) is 0 Å². The van der Waals surface area contributed by atoms with Gasteiger partial charge in [-0.2, -0.15) is 0 Å². The highest BCUT2D eigenvalue weighted by atomic mass is 16.5. The molecular weight excluding hydrogens is 242 g/mol. The van der Waals surface area contributed by atoms with E-state index in [0.717, 1.165) is 30.6 Å². The maximum Gasteiger partial charge on any atom is 0.313 e. The topological polar surface area (TPSA) is 61.5 Å². The molecule has 1 aliphatic rings. The van der Waals surface area contributed by atoms with Gasteiger partial charge in [-0.15, -0.1) is 0 Å². The Morgan fingerprint density at radius 1 is 1.53 bits per heavy atom. The first-order chi connectivity index (χ1) is 9.06. The lowest BCUT2D eigenvalue weighted by molar-refractivity contribution is -0.156. The largest absolute Gasteiger partial charge is 0.497 e. The molecule has 4 nitrogen and oxygen atoms in total. The quantitative estimate of drug-likeness (QED) is 0.846. The maximum absolute atomic E-state index is 12.2. The average Bonchev–Trinajstić information content (AvgIpc) is 2.77. The van der Waals surface area contributed by atoms with Crippen molar-refractivity contribution in [3.63, 3.8) is 0 Å². The number of ether oxygens (including phenoxy) is 2. The molecule has 2 rings (SSSR count). The van der Waals surface area contributed by atoms with Gasteiger partial charge in [-0.25, -0.2) is 0 Å². The summed E-state index contributed by atoms with van der Waals surface area (Å²) in [5, 5.41) is 0. The van der Waals surface area contributed by atoms with Gasteiger partial charge in [0.15, 0.2) is 0 Å². The Hall–Kier alpha value is -1.55. The van der Waals surface area contributed by atoms with Crippen LogP contribution >= 0.6 is 0 Å². The summed E-state index contributed by atoms with van der Waals surface area (Å²) in [6.45, 7) is 2.16. The first kappa shape index (κ1) is 13.9. The van der Waals surface area contributed by atoms with Gasteiger partial charge in [0.05, 0.1) is 12.5 Å². The molecule has 19 heavy (non-hydrogen) atoms. The minimum absolute atomic E-state index is 0.0923. The molecule has 0 aromatic heterocycles. The number of carbonyl (C=O) groups excluding carboxylic acids is 1. The standard InChI is InChI=1S/C15H21NO3/c1-15(8-4-7-13(15)16)14(17)19-10-11-5-3-6-12(9-11)18-2/h3,5-6,9,13H,4,7-8,10,16H2,1-2H3. The van der Waals surface area contributed by atoms with E-state index in [4.69, 9.17) is 15.2 Å². The van der Waals surface area contributed by atoms with E-state index in [-0.39, 0.29) is 18.6 Å². The number of benzene rings is 1. The van der Waals surface area contributed by atoms with Crippen LogP contribution in [-0.2, 0) is 16.1 Å². The van der Waals surface area contributed by atoms with E-state index in [1.807, 2.05) is 31.2 Å². The third kappa shape index (κ3) is 2.89. The second kappa shape index (κ2) is 5.61. The van der Waals surface area contributed by atoms with Crippen molar-refractivity contribution < 1.29 is 14.3 Å². The number of hydrogen-bond donors (Lipinski definition) is 1. The summed E-state index contributed by atoms with van der Waals surface area (Å²) in [7, 11) is 1.61. The number of methoxy groups -OCH3 is 1. The molecule has 0 spiro atoms. The van der Waals surface area contributed by atoms with Crippen LogP contribution in [0.1, 0.15) is 31.7 Å². The zero-order chi connectivity index (χ0) is 13.9. The molecule has 1 aromatic carbocycles. The summed E-state index contributed by atoms with van der Waals surface area (Å²) in [6, 6.07) is 7.42. The smallest absolute Gasteiger partial charge is 0.313 e. The van der Waals surface area contributed by atoms with E-state index in [1.165, 1.54) is 0 Å². The van der Waals surface area contributed by atoms with Gasteiger partial charge in [-0.3, -0.25) is 4.79 Å². The van der Waals surface area contributed by atoms with Crippen molar-refractivity contribution >= 4 is 5.97 Å². The fraction of sp³-hybridized carbons (Fsp3) is 0.533. The van der Waals surface area contributed by atoms with Gasteiger partial charge in [0.25, 0.3) is 0 Å². The van der Waals surface area contributed by atoms with E-state index in [1.54, 1.807) is 7.11 Å².